The van der Waals surface area contributed by atoms with Crippen molar-refractivity contribution >= 4 is 17.2 Å². The summed E-state index contributed by atoms with van der Waals surface area (Å²) in [5.41, 5.74) is 2.10. The molecule has 6 heteroatoms. The van der Waals surface area contributed by atoms with Gasteiger partial charge in [0.25, 0.3) is 5.91 Å². The third-order valence-corrected chi connectivity index (χ3v) is 5.24. The van der Waals surface area contributed by atoms with E-state index in [1.165, 1.54) is 17.0 Å². The maximum atomic E-state index is 13.1. The van der Waals surface area contributed by atoms with Crippen molar-refractivity contribution in [2.75, 3.05) is 0 Å². The first-order valence-electron chi connectivity index (χ1n) is 8.31. The van der Waals surface area contributed by atoms with E-state index in [1.54, 1.807) is 34.3 Å². The van der Waals surface area contributed by atoms with E-state index in [1.807, 2.05) is 13.0 Å². The standard InChI is InChI=1S/C19H20FN3OS/c1-3-15-9-10-16(25-15)11-21-19(24)17-12-22-23(18(17)4-2)14-7-5-13(20)6-8-14/h5-10,12H,3-4,11H2,1-2H3,(H,21,24). The van der Waals surface area contributed by atoms with Crippen molar-refractivity contribution in [2.24, 2.45) is 0 Å². The molecule has 0 fully saturated rings. The van der Waals surface area contributed by atoms with E-state index in [2.05, 4.69) is 23.4 Å². The van der Waals surface area contributed by atoms with Gasteiger partial charge in [0.05, 0.1) is 29.7 Å². The summed E-state index contributed by atoms with van der Waals surface area (Å²) in [6.07, 6.45) is 3.23. The van der Waals surface area contributed by atoms with E-state index in [9.17, 15) is 9.18 Å². The highest BCUT2D eigenvalue weighted by Crippen LogP contribution is 2.18. The molecule has 0 saturated heterocycles. The van der Waals surface area contributed by atoms with Gasteiger partial charge in [-0.15, -0.1) is 11.3 Å². The Bertz CT molecular complexity index is 867. The monoisotopic (exact) mass is 357 g/mol. The predicted octanol–water partition coefficient (Wildman–Crippen LogP) is 4.13. The molecule has 2 aromatic heterocycles. The number of hydrogen-bond donors (Lipinski definition) is 1. The Morgan fingerprint density at radius 1 is 1.12 bits per heavy atom. The Kier molecular flexibility index (Phi) is 5.28. The van der Waals surface area contributed by atoms with Crippen molar-refractivity contribution in [3.05, 3.63) is 69.4 Å². The molecule has 0 atom stereocenters. The van der Waals surface area contributed by atoms with Crippen LogP contribution < -0.4 is 5.32 Å². The molecular weight excluding hydrogens is 337 g/mol. The van der Waals surface area contributed by atoms with Crippen LogP contribution in [0.5, 0.6) is 0 Å². The molecule has 0 unspecified atom stereocenters. The lowest BCUT2D eigenvalue weighted by atomic mass is 10.2. The van der Waals surface area contributed by atoms with E-state index >= 15 is 0 Å². The van der Waals surface area contributed by atoms with Gasteiger partial charge in [-0.05, 0) is 49.2 Å². The molecule has 0 aliphatic heterocycles. The molecule has 1 amide bonds. The lowest BCUT2D eigenvalue weighted by Crippen LogP contribution is -2.23. The summed E-state index contributed by atoms with van der Waals surface area (Å²) in [5.74, 6) is -0.439. The number of amides is 1. The number of carbonyl (C=O) groups is 1. The Labute approximate surface area is 150 Å². The first-order chi connectivity index (χ1) is 12.1. The summed E-state index contributed by atoms with van der Waals surface area (Å²) in [4.78, 5) is 15.0. The van der Waals surface area contributed by atoms with Gasteiger partial charge in [0.2, 0.25) is 0 Å². The number of rotatable bonds is 6. The van der Waals surface area contributed by atoms with Crippen LogP contribution in [-0.2, 0) is 19.4 Å². The number of thiophene rings is 1. The van der Waals surface area contributed by atoms with E-state index in [4.69, 9.17) is 0 Å². The largest absolute Gasteiger partial charge is 0.347 e. The van der Waals surface area contributed by atoms with Crippen LogP contribution in [-0.4, -0.2) is 15.7 Å². The Balaban J connectivity index is 1.77. The second-order valence-corrected chi connectivity index (χ2v) is 6.90. The third-order valence-electron chi connectivity index (χ3n) is 4.01. The average Bonchev–Trinajstić information content (AvgIpc) is 3.26. The molecule has 25 heavy (non-hydrogen) atoms. The predicted molar refractivity (Wildman–Crippen MR) is 97.8 cm³/mol. The second kappa shape index (κ2) is 7.61. The van der Waals surface area contributed by atoms with Crippen LogP contribution in [0.25, 0.3) is 5.69 Å². The molecular formula is C19H20FN3OS. The Morgan fingerprint density at radius 2 is 1.84 bits per heavy atom. The van der Waals surface area contributed by atoms with Crippen molar-refractivity contribution in [2.45, 2.75) is 33.2 Å². The van der Waals surface area contributed by atoms with Crippen LogP contribution in [0, 0.1) is 5.82 Å². The van der Waals surface area contributed by atoms with Gasteiger partial charge in [-0.25, -0.2) is 9.07 Å². The van der Waals surface area contributed by atoms with Crippen molar-refractivity contribution < 1.29 is 9.18 Å². The first-order valence-corrected chi connectivity index (χ1v) is 9.12. The van der Waals surface area contributed by atoms with Crippen molar-refractivity contribution in [1.82, 2.24) is 15.1 Å². The quantitative estimate of drug-likeness (QED) is 0.721. The van der Waals surface area contributed by atoms with E-state index < -0.39 is 0 Å². The lowest BCUT2D eigenvalue weighted by molar-refractivity contribution is 0.0950. The smallest absolute Gasteiger partial charge is 0.255 e. The maximum Gasteiger partial charge on any atom is 0.255 e. The molecule has 1 aromatic carbocycles. The van der Waals surface area contributed by atoms with Crippen LogP contribution >= 0.6 is 11.3 Å². The fourth-order valence-corrected chi connectivity index (χ4v) is 3.58. The summed E-state index contributed by atoms with van der Waals surface area (Å²) in [5, 5.41) is 7.28. The molecule has 130 valence electrons. The number of carbonyl (C=O) groups excluding carboxylic acids is 1. The molecule has 0 aliphatic rings. The highest BCUT2D eigenvalue weighted by atomic mass is 32.1. The highest BCUT2D eigenvalue weighted by molar-refractivity contribution is 7.11. The van der Waals surface area contributed by atoms with Gasteiger partial charge in [0, 0.05) is 9.75 Å². The molecule has 3 rings (SSSR count). The zero-order valence-corrected chi connectivity index (χ0v) is 15.1. The van der Waals surface area contributed by atoms with Crippen LogP contribution in [0.1, 0.15) is 39.7 Å². The summed E-state index contributed by atoms with van der Waals surface area (Å²) < 4.78 is 14.8. The van der Waals surface area contributed by atoms with Gasteiger partial charge in [-0.2, -0.15) is 5.10 Å². The number of nitrogens with one attached hydrogen (secondary N) is 1. The normalized spacial score (nSPS) is 10.8. The topological polar surface area (TPSA) is 46.9 Å². The minimum Gasteiger partial charge on any atom is -0.347 e. The first kappa shape index (κ1) is 17.4. The molecule has 0 aliphatic carbocycles. The number of nitrogens with zero attached hydrogens (tertiary/aromatic N) is 2. The van der Waals surface area contributed by atoms with E-state index in [0.717, 1.165) is 22.7 Å². The van der Waals surface area contributed by atoms with Crippen molar-refractivity contribution in [3.63, 3.8) is 0 Å². The van der Waals surface area contributed by atoms with Crippen LogP contribution in [0.2, 0.25) is 0 Å². The molecule has 1 N–H and O–H groups in total. The molecule has 2 heterocycles. The number of hydrogen-bond acceptors (Lipinski definition) is 3. The zero-order chi connectivity index (χ0) is 17.8. The average molecular weight is 357 g/mol. The van der Waals surface area contributed by atoms with Gasteiger partial charge < -0.3 is 5.32 Å². The minimum atomic E-state index is -0.297. The SMILES string of the molecule is CCc1ccc(CNC(=O)c2cnn(-c3ccc(F)cc3)c2CC)s1. The summed E-state index contributed by atoms with van der Waals surface area (Å²) in [7, 11) is 0. The highest BCUT2D eigenvalue weighted by Gasteiger charge is 2.17. The fraction of sp³-hybridized carbons (Fsp3) is 0.263. The van der Waals surface area contributed by atoms with E-state index in [-0.39, 0.29) is 11.7 Å². The number of halogens is 1. The van der Waals surface area contributed by atoms with Crippen molar-refractivity contribution in [1.29, 1.82) is 0 Å². The van der Waals surface area contributed by atoms with Gasteiger partial charge >= 0.3 is 0 Å². The van der Waals surface area contributed by atoms with Crippen molar-refractivity contribution in [3.8, 4) is 5.69 Å². The number of aryl methyl sites for hydroxylation is 1. The van der Waals surface area contributed by atoms with Crippen LogP contribution in [0.3, 0.4) is 0 Å². The van der Waals surface area contributed by atoms with E-state index in [0.29, 0.717) is 18.5 Å². The number of benzene rings is 1. The molecule has 0 radical (unpaired) electrons. The maximum absolute atomic E-state index is 13.1. The second-order valence-electron chi connectivity index (χ2n) is 5.65. The third kappa shape index (κ3) is 3.79. The Hall–Kier alpha value is -2.47. The van der Waals surface area contributed by atoms with Crippen LogP contribution in [0.4, 0.5) is 4.39 Å². The molecule has 0 spiro atoms. The summed E-state index contributed by atoms with van der Waals surface area (Å²) in [6, 6.07) is 10.2. The summed E-state index contributed by atoms with van der Waals surface area (Å²) >= 11 is 1.71. The fourth-order valence-electron chi connectivity index (χ4n) is 2.68. The van der Waals surface area contributed by atoms with Gasteiger partial charge in [-0.1, -0.05) is 13.8 Å². The Morgan fingerprint density at radius 3 is 2.48 bits per heavy atom. The molecule has 0 bridgehead atoms. The van der Waals surface area contributed by atoms with Gasteiger partial charge in [0.1, 0.15) is 5.82 Å². The zero-order valence-electron chi connectivity index (χ0n) is 14.3. The minimum absolute atomic E-state index is 0.142. The molecule has 3 aromatic rings. The number of aromatic nitrogens is 2. The lowest BCUT2D eigenvalue weighted by Gasteiger charge is -2.08. The molecule has 4 nitrogen and oxygen atoms in total. The molecule has 0 saturated carbocycles. The van der Waals surface area contributed by atoms with Crippen LogP contribution in [0.15, 0.2) is 42.6 Å². The van der Waals surface area contributed by atoms with Gasteiger partial charge in [0.15, 0.2) is 0 Å². The summed E-state index contributed by atoms with van der Waals surface area (Å²) in [6.45, 7) is 4.60. The van der Waals surface area contributed by atoms with Gasteiger partial charge in [-0.3, -0.25) is 4.79 Å².